The summed E-state index contributed by atoms with van der Waals surface area (Å²) in [4.78, 5) is 7.00. The predicted molar refractivity (Wildman–Crippen MR) is 88.8 cm³/mol. The number of pyridine rings is 1. The number of benzene rings is 2. The Bertz CT molecular complexity index is 738. The zero-order valence-electron chi connectivity index (χ0n) is 12.2. The van der Waals surface area contributed by atoms with E-state index in [1.165, 1.54) is 0 Å². The highest BCUT2D eigenvalue weighted by Gasteiger charge is 2.11. The molecule has 0 amide bonds. The molecule has 0 spiro atoms. The van der Waals surface area contributed by atoms with Crippen molar-refractivity contribution in [2.45, 2.75) is 13.5 Å². The Balaban J connectivity index is 2.15. The Kier molecular flexibility index (Phi) is 3.84. The van der Waals surface area contributed by atoms with Crippen LogP contribution in [0.5, 0.6) is 0 Å². The highest BCUT2D eigenvalue weighted by Crippen LogP contribution is 2.27. The Hall–Kier alpha value is -2.39. The van der Waals surface area contributed by atoms with Gasteiger partial charge in [0.05, 0.1) is 5.52 Å². The van der Waals surface area contributed by atoms with Crippen molar-refractivity contribution in [2.24, 2.45) is 5.73 Å². The Morgan fingerprint density at radius 2 is 1.71 bits per heavy atom. The molecule has 2 N–H and O–H groups in total. The van der Waals surface area contributed by atoms with E-state index >= 15 is 0 Å². The first-order valence-corrected chi connectivity index (χ1v) is 7.24. The van der Waals surface area contributed by atoms with E-state index in [2.05, 4.69) is 36.1 Å². The first-order chi connectivity index (χ1) is 10.3. The van der Waals surface area contributed by atoms with Gasteiger partial charge in [-0.15, -0.1) is 0 Å². The van der Waals surface area contributed by atoms with Gasteiger partial charge in [0.2, 0.25) is 0 Å². The molecule has 3 nitrogen and oxygen atoms in total. The number of nitrogens with two attached hydrogens (primary N) is 1. The summed E-state index contributed by atoms with van der Waals surface area (Å²) in [7, 11) is 0. The molecule has 0 fully saturated rings. The molecule has 0 unspecified atom stereocenters. The maximum Gasteiger partial charge on any atom is 0.133 e. The van der Waals surface area contributed by atoms with E-state index in [4.69, 9.17) is 10.7 Å². The number of anilines is 2. The molecule has 0 aliphatic rings. The van der Waals surface area contributed by atoms with Crippen LogP contribution >= 0.6 is 0 Å². The van der Waals surface area contributed by atoms with Crippen molar-refractivity contribution < 1.29 is 0 Å². The molecule has 0 bridgehead atoms. The van der Waals surface area contributed by atoms with Crippen LogP contribution in [-0.4, -0.2) is 11.5 Å². The molecular formula is C18H19N3. The van der Waals surface area contributed by atoms with Gasteiger partial charge >= 0.3 is 0 Å². The SMILES string of the molecule is CCN(c1ccccc1)c1cc(CN)c2ccccc2n1. The first-order valence-electron chi connectivity index (χ1n) is 7.24. The number of hydrogen-bond donors (Lipinski definition) is 1. The lowest BCUT2D eigenvalue weighted by Crippen LogP contribution is -2.18. The van der Waals surface area contributed by atoms with Gasteiger partial charge < -0.3 is 10.6 Å². The summed E-state index contributed by atoms with van der Waals surface area (Å²) in [5.74, 6) is 0.947. The molecule has 3 heteroatoms. The van der Waals surface area contributed by atoms with Crippen molar-refractivity contribution in [2.75, 3.05) is 11.4 Å². The maximum absolute atomic E-state index is 5.92. The first kappa shape index (κ1) is 13.6. The summed E-state index contributed by atoms with van der Waals surface area (Å²) in [6.07, 6.45) is 0. The minimum Gasteiger partial charge on any atom is -0.327 e. The molecule has 3 aromatic rings. The van der Waals surface area contributed by atoms with Crippen LogP contribution in [0.3, 0.4) is 0 Å². The van der Waals surface area contributed by atoms with E-state index in [1.54, 1.807) is 0 Å². The third-order valence-electron chi connectivity index (χ3n) is 3.67. The Morgan fingerprint density at radius 1 is 1.00 bits per heavy atom. The quantitative estimate of drug-likeness (QED) is 0.787. The van der Waals surface area contributed by atoms with Gasteiger partial charge in [0, 0.05) is 24.2 Å². The van der Waals surface area contributed by atoms with Crippen molar-refractivity contribution in [1.29, 1.82) is 0 Å². The van der Waals surface area contributed by atoms with Crippen molar-refractivity contribution >= 4 is 22.4 Å². The maximum atomic E-state index is 5.92. The highest BCUT2D eigenvalue weighted by molar-refractivity contribution is 5.84. The number of fused-ring (bicyclic) bond motifs is 1. The number of rotatable bonds is 4. The molecule has 2 aromatic carbocycles. The molecule has 0 saturated carbocycles. The molecule has 21 heavy (non-hydrogen) atoms. The van der Waals surface area contributed by atoms with Gasteiger partial charge in [0.15, 0.2) is 0 Å². The van der Waals surface area contributed by atoms with Crippen LogP contribution in [0.4, 0.5) is 11.5 Å². The molecule has 106 valence electrons. The zero-order valence-corrected chi connectivity index (χ0v) is 12.2. The molecule has 1 aromatic heterocycles. The van der Waals surface area contributed by atoms with Crippen LogP contribution in [-0.2, 0) is 6.54 Å². The molecule has 0 atom stereocenters. The van der Waals surface area contributed by atoms with E-state index in [-0.39, 0.29) is 0 Å². The predicted octanol–water partition coefficient (Wildman–Crippen LogP) is 3.85. The summed E-state index contributed by atoms with van der Waals surface area (Å²) in [5.41, 5.74) is 9.18. The third-order valence-corrected chi connectivity index (χ3v) is 3.67. The van der Waals surface area contributed by atoms with Crippen molar-refractivity contribution in [3.8, 4) is 0 Å². The average Bonchev–Trinajstić information content (AvgIpc) is 2.56. The van der Waals surface area contributed by atoms with Crippen LogP contribution in [0.25, 0.3) is 10.9 Å². The third kappa shape index (κ3) is 2.60. The second-order valence-corrected chi connectivity index (χ2v) is 4.94. The standard InChI is InChI=1S/C18H19N3/c1-2-21(15-8-4-3-5-9-15)18-12-14(13-19)16-10-6-7-11-17(16)20-18/h3-12H,2,13,19H2,1H3. The van der Waals surface area contributed by atoms with Crippen LogP contribution in [0.2, 0.25) is 0 Å². The smallest absolute Gasteiger partial charge is 0.133 e. The van der Waals surface area contributed by atoms with E-state index in [0.29, 0.717) is 6.54 Å². The fraction of sp³-hybridized carbons (Fsp3) is 0.167. The van der Waals surface area contributed by atoms with Crippen LogP contribution in [0.1, 0.15) is 12.5 Å². The Morgan fingerprint density at radius 3 is 2.43 bits per heavy atom. The van der Waals surface area contributed by atoms with Gasteiger partial charge in [-0.25, -0.2) is 4.98 Å². The fourth-order valence-corrected chi connectivity index (χ4v) is 2.62. The number of para-hydroxylation sites is 2. The molecule has 0 saturated heterocycles. The van der Waals surface area contributed by atoms with Crippen molar-refractivity contribution in [3.63, 3.8) is 0 Å². The minimum atomic E-state index is 0.516. The Labute approximate surface area is 125 Å². The van der Waals surface area contributed by atoms with Crippen molar-refractivity contribution in [3.05, 3.63) is 66.2 Å². The lowest BCUT2D eigenvalue weighted by Gasteiger charge is -2.23. The van der Waals surface area contributed by atoms with E-state index in [9.17, 15) is 0 Å². The zero-order chi connectivity index (χ0) is 14.7. The van der Waals surface area contributed by atoms with Gasteiger partial charge in [-0.05, 0) is 36.8 Å². The van der Waals surface area contributed by atoms with E-state index in [1.807, 2.05) is 36.4 Å². The normalized spacial score (nSPS) is 10.8. The van der Waals surface area contributed by atoms with E-state index in [0.717, 1.165) is 34.5 Å². The van der Waals surface area contributed by atoms with Gasteiger partial charge in [-0.3, -0.25) is 0 Å². The number of nitrogens with zero attached hydrogens (tertiary/aromatic N) is 2. The largest absolute Gasteiger partial charge is 0.327 e. The molecule has 0 aliphatic heterocycles. The van der Waals surface area contributed by atoms with Crippen molar-refractivity contribution in [1.82, 2.24) is 4.98 Å². The van der Waals surface area contributed by atoms with E-state index < -0.39 is 0 Å². The van der Waals surface area contributed by atoms with Gasteiger partial charge in [-0.2, -0.15) is 0 Å². The fourth-order valence-electron chi connectivity index (χ4n) is 2.62. The second kappa shape index (κ2) is 5.94. The molecule has 3 rings (SSSR count). The van der Waals surface area contributed by atoms with Crippen LogP contribution in [0.15, 0.2) is 60.7 Å². The summed E-state index contributed by atoms with van der Waals surface area (Å²) >= 11 is 0. The highest BCUT2D eigenvalue weighted by atomic mass is 15.2. The lowest BCUT2D eigenvalue weighted by atomic mass is 10.1. The summed E-state index contributed by atoms with van der Waals surface area (Å²) in [5, 5.41) is 1.13. The van der Waals surface area contributed by atoms with Crippen LogP contribution < -0.4 is 10.6 Å². The summed E-state index contributed by atoms with van der Waals surface area (Å²) < 4.78 is 0. The lowest BCUT2D eigenvalue weighted by molar-refractivity contribution is 0.986. The summed E-state index contributed by atoms with van der Waals surface area (Å²) in [6, 6.07) is 20.6. The summed E-state index contributed by atoms with van der Waals surface area (Å²) in [6.45, 7) is 3.51. The van der Waals surface area contributed by atoms with Gasteiger partial charge in [0.1, 0.15) is 5.82 Å². The molecule has 0 radical (unpaired) electrons. The minimum absolute atomic E-state index is 0.516. The van der Waals surface area contributed by atoms with Gasteiger partial charge in [-0.1, -0.05) is 36.4 Å². The monoisotopic (exact) mass is 277 g/mol. The average molecular weight is 277 g/mol. The number of hydrogen-bond acceptors (Lipinski definition) is 3. The van der Waals surface area contributed by atoms with Gasteiger partial charge in [0.25, 0.3) is 0 Å². The topological polar surface area (TPSA) is 42.1 Å². The number of aromatic nitrogens is 1. The second-order valence-electron chi connectivity index (χ2n) is 4.94. The van der Waals surface area contributed by atoms with Crippen LogP contribution in [0, 0.1) is 0 Å². The molecular weight excluding hydrogens is 258 g/mol. The molecule has 1 heterocycles. The molecule has 0 aliphatic carbocycles.